The highest BCUT2D eigenvalue weighted by atomic mass is 19.4. The van der Waals surface area contributed by atoms with E-state index >= 15 is 0 Å². The molecule has 1 heterocycles. The molecule has 0 amide bonds. The zero-order valence-corrected chi connectivity index (χ0v) is 8.70. The van der Waals surface area contributed by atoms with Crippen molar-refractivity contribution in [2.75, 3.05) is 0 Å². The van der Waals surface area contributed by atoms with Crippen molar-refractivity contribution in [2.45, 2.75) is 20.0 Å². The second-order valence-corrected chi connectivity index (χ2v) is 3.46. The highest BCUT2D eigenvalue weighted by Crippen LogP contribution is 2.38. The number of aromatic carboxylic acids is 1. The van der Waals surface area contributed by atoms with Crippen LogP contribution in [0, 0.1) is 6.92 Å². The van der Waals surface area contributed by atoms with Gasteiger partial charge in [0, 0.05) is 11.3 Å². The predicted octanol–water partition coefficient (Wildman–Crippen LogP) is 3.07. The zero-order chi connectivity index (χ0) is 12.7. The molecule has 0 spiro atoms. The first-order valence-corrected chi connectivity index (χ1v) is 4.35. The number of carboxylic acids is 1. The van der Waals surface area contributed by atoms with E-state index in [9.17, 15) is 18.0 Å². The first-order chi connectivity index (χ1) is 7.16. The van der Waals surface area contributed by atoms with Crippen LogP contribution in [0.15, 0.2) is 6.58 Å². The van der Waals surface area contributed by atoms with Gasteiger partial charge in [0.1, 0.15) is 5.69 Å². The van der Waals surface area contributed by atoms with Crippen molar-refractivity contribution in [1.29, 1.82) is 0 Å². The van der Waals surface area contributed by atoms with Crippen LogP contribution >= 0.6 is 0 Å². The van der Waals surface area contributed by atoms with Crippen LogP contribution in [0.4, 0.5) is 13.2 Å². The molecule has 1 aromatic heterocycles. The molecule has 0 aliphatic rings. The van der Waals surface area contributed by atoms with Crippen molar-refractivity contribution >= 4 is 11.5 Å². The fourth-order valence-corrected chi connectivity index (χ4v) is 1.60. The van der Waals surface area contributed by atoms with E-state index in [0.29, 0.717) is 0 Å². The molecule has 0 saturated carbocycles. The summed E-state index contributed by atoms with van der Waals surface area (Å²) in [5.41, 5.74) is -1.86. The van der Waals surface area contributed by atoms with E-state index in [1.54, 1.807) is 0 Å². The second-order valence-electron chi connectivity index (χ2n) is 3.46. The largest absolute Gasteiger partial charge is 0.477 e. The maximum absolute atomic E-state index is 12.7. The summed E-state index contributed by atoms with van der Waals surface area (Å²) in [6.45, 7) is 6.20. The van der Waals surface area contributed by atoms with Crippen molar-refractivity contribution < 1.29 is 23.1 Å². The Hall–Kier alpha value is -1.72. The fourth-order valence-electron chi connectivity index (χ4n) is 1.60. The molecule has 0 aromatic carbocycles. The minimum Gasteiger partial charge on any atom is -0.477 e. The van der Waals surface area contributed by atoms with Crippen LogP contribution in [0.3, 0.4) is 0 Å². The van der Waals surface area contributed by atoms with Crippen molar-refractivity contribution in [1.82, 2.24) is 4.98 Å². The molecule has 3 nitrogen and oxygen atoms in total. The van der Waals surface area contributed by atoms with Crippen LogP contribution in [0.25, 0.3) is 5.57 Å². The number of hydrogen-bond donors (Lipinski definition) is 2. The second kappa shape index (κ2) is 3.70. The van der Waals surface area contributed by atoms with Gasteiger partial charge in [-0.1, -0.05) is 6.58 Å². The van der Waals surface area contributed by atoms with Crippen LogP contribution in [0.2, 0.25) is 0 Å². The van der Waals surface area contributed by atoms with Gasteiger partial charge in [0.05, 0.1) is 5.56 Å². The van der Waals surface area contributed by atoms with Crippen molar-refractivity contribution in [3.8, 4) is 0 Å². The average molecular weight is 233 g/mol. The van der Waals surface area contributed by atoms with Gasteiger partial charge in [0.2, 0.25) is 0 Å². The number of aromatic nitrogens is 1. The number of rotatable bonds is 2. The minimum atomic E-state index is -4.72. The first-order valence-electron chi connectivity index (χ1n) is 4.35. The zero-order valence-electron chi connectivity index (χ0n) is 8.70. The molecule has 0 saturated heterocycles. The van der Waals surface area contributed by atoms with Crippen LogP contribution in [0.1, 0.15) is 34.2 Å². The number of allylic oxidation sites excluding steroid dienone is 1. The van der Waals surface area contributed by atoms with Gasteiger partial charge < -0.3 is 10.1 Å². The van der Waals surface area contributed by atoms with E-state index in [1.165, 1.54) is 13.8 Å². The molecule has 2 N–H and O–H groups in total. The monoisotopic (exact) mass is 233 g/mol. The molecule has 0 atom stereocenters. The number of carboxylic acid groups (broad SMARTS) is 1. The van der Waals surface area contributed by atoms with Gasteiger partial charge in [0.25, 0.3) is 0 Å². The lowest BCUT2D eigenvalue weighted by Gasteiger charge is -2.09. The molecule has 1 aromatic rings. The van der Waals surface area contributed by atoms with E-state index in [4.69, 9.17) is 5.11 Å². The van der Waals surface area contributed by atoms with E-state index in [2.05, 4.69) is 11.6 Å². The number of halogens is 3. The average Bonchev–Trinajstić information content (AvgIpc) is 2.41. The molecular weight excluding hydrogens is 223 g/mol. The number of alkyl halides is 3. The molecule has 0 aliphatic heterocycles. The lowest BCUT2D eigenvalue weighted by molar-refractivity contribution is -0.138. The standard InChI is InChI=1S/C10H10F3NO2/c1-4(2)6-5(3)14-8(9(15)16)7(6)10(11,12)13/h14H,1H2,2-3H3,(H,15,16). The molecule has 0 aliphatic carbocycles. The number of aromatic amines is 1. The van der Waals surface area contributed by atoms with Crippen LogP contribution in [0.5, 0.6) is 0 Å². The van der Waals surface area contributed by atoms with E-state index in [1.807, 2.05) is 0 Å². The molecule has 0 fully saturated rings. The Labute approximate surface area is 89.6 Å². The third kappa shape index (κ3) is 1.95. The van der Waals surface area contributed by atoms with Crippen LogP contribution in [-0.2, 0) is 6.18 Å². The summed E-state index contributed by atoms with van der Waals surface area (Å²) in [5.74, 6) is -1.64. The summed E-state index contributed by atoms with van der Waals surface area (Å²) in [7, 11) is 0. The maximum atomic E-state index is 12.7. The molecule has 0 radical (unpaired) electrons. The number of carbonyl (C=O) groups is 1. The first kappa shape index (κ1) is 12.4. The maximum Gasteiger partial charge on any atom is 0.419 e. The summed E-state index contributed by atoms with van der Waals surface area (Å²) in [6, 6.07) is 0. The lowest BCUT2D eigenvalue weighted by atomic mass is 10.0. The predicted molar refractivity (Wildman–Crippen MR) is 52.2 cm³/mol. The molecule has 1 rings (SSSR count). The smallest absolute Gasteiger partial charge is 0.419 e. The normalized spacial score (nSPS) is 11.6. The minimum absolute atomic E-state index is 0.150. The van der Waals surface area contributed by atoms with Gasteiger partial charge in [-0.05, 0) is 19.4 Å². The Balaban J connectivity index is 3.63. The number of H-pyrrole nitrogens is 1. The Morgan fingerprint density at radius 2 is 1.94 bits per heavy atom. The summed E-state index contributed by atoms with van der Waals surface area (Å²) in [4.78, 5) is 12.9. The Bertz CT molecular complexity index is 457. The van der Waals surface area contributed by atoms with Gasteiger partial charge in [-0.15, -0.1) is 0 Å². The quantitative estimate of drug-likeness (QED) is 0.824. The third-order valence-electron chi connectivity index (χ3n) is 2.11. The molecule has 6 heteroatoms. The molecule has 0 unspecified atom stereocenters. The number of nitrogens with one attached hydrogen (secondary N) is 1. The van der Waals surface area contributed by atoms with Gasteiger partial charge >= 0.3 is 12.1 Å². The Morgan fingerprint density at radius 3 is 2.25 bits per heavy atom. The van der Waals surface area contributed by atoms with Crippen molar-refractivity contribution in [3.63, 3.8) is 0 Å². The highest BCUT2D eigenvalue weighted by Gasteiger charge is 2.40. The summed E-state index contributed by atoms with van der Waals surface area (Å²) in [5, 5.41) is 8.69. The van der Waals surface area contributed by atoms with E-state index in [-0.39, 0.29) is 16.8 Å². The van der Waals surface area contributed by atoms with Gasteiger partial charge in [-0.3, -0.25) is 0 Å². The molecular formula is C10H10F3NO2. The molecule has 0 bridgehead atoms. The van der Waals surface area contributed by atoms with Gasteiger partial charge in [0.15, 0.2) is 0 Å². The third-order valence-corrected chi connectivity index (χ3v) is 2.11. The van der Waals surface area contributed by atoms with Crippen molar-refractivity contribution in [2.24, 2.45) is 0 Å². The van der Waals surface area contributed by atoms with Gasteiger partial charge in [-0.2, -0.15) is 13.2 Å². The SMILES string of the molecule is C=C(C)c1c(C)[nH]c(C(=O)O)c1C(F)(F)F. The van der Waals surface area contributed by atoms with E-state index < -0.39 is 23.4 Å². The lowest BCUT2D eigenvalue weighted by Crippen LogP contribution is -2.13. The topological polar surface area (TPSA) is 53.1 Å². The fraction of sp³-hybridized carbons (Fsp3) is 0.300. The Kier molecular flexibility index (Phi) is 2.85. The number of hydrogen-bond acceptors (Lipinski definition) is 1. The summed E-state index contributed by atoms with van der Waals surface area (Å²) >= 11 is 0. The van der Waals surface area contributed by atoms with Crippen LogP contribution < -0.4 is 0 Å². The van der Waals surface area contributed by atoms with Gasteiger partial charge in [-0.25, -0.2) is 4.79 Å². The molecule has 88 valence electrons. The Morgan fingerprint density at radius 1 is 1.44 bits per heavy atom. The highest BCUT2D eigenvalue weighted by molar-refractivity contribution is 5.90. The van der Waals surface area contributed by atoms with Crippen LogP contribution in [-0.4, -0.2) is 16.1 Å². The summed E-state index contributed by atoms with van der Waals surface area (Å²) < 4.78 is 38.2. The van der Waals surface area contributed by atoms with E-state index in [0.717, 1.165) is 0 Å². The number of aryl methyl sites for hydroxylation is 1. The molecule has 16 heavy (non-hydrogen) atoms. The van der Waals surface area contributed by atoms with Crippen molar-refractivity contribution in [3.05, 3.63) is 29.1 Å². The summed E-state index contributed by atoms with van der Waals surface area (Å²) in [6.07, 6.45) is -4.72.